The summed E-state index contributed by atoms with van der Waals surface area (Å²) >= 11 is 4.83. The molecule has 0 spiro atoms. The number of thiophene rings is 1. The first-order valence-electron chi connectivity index (χ1n) is 6.79. The zero-order valence-corrected chi connectivity index (χ0v) is 14.4. The number of hydrogen-bond acceptors (Lipinski definition) is 3. The van der Waals surface area contributed by atoms with Gasteiger partial charge in [-0.3, -0.25) is 4.79 Å². The third kappa shape index (κ3) is 4.42. The van der Waals surface area contributed by atoms with E-state index < -0.39 is 12.0 Å². The summed E-state index contributed by atoms with van der Waals surface area (Å²) in [7, 11) is 0. The second-order valence-corrected chi connectivity index (χ2v) is 7.45. The molecule has 6 heteroatoms. The van der Waals surface area contributed by atoms with E-state index in [1.165, 1.54) is 11.3 Å². The normalized spacial score (nSPS) is 13.4. The van der Waals surface area contributed by atoms with E-state index in [0.29, 0.717) is 0 Å². The number of aliphatic carboxylic acids is 1. The molecule has 0 aliphatic heterocycles. The summed E-state index contributed by atoms with van der Waals surface area (Å²) < 4.78 is 0.946. The molecule has 0 aliphatic rings. The van der Waals surface area contributed by atoms with Crippen molar-refractivity contribution >= 4 is 39.1 Å². The Morgan fingerprint density at radius 1 is 1.23 bits per heavy atom. The average molecular weight is 382 g/mol. The van der Waals surface area contributed by atoms with Gasteiger partial charge in [-0.1, -0.05) is 30.3 Å². The van der Waals surface area contributed by atoms with Gasteiger partial charge in [0.2, 0.25) is 5.91 Å². The van der Waals surface area contributed by atoms with Crippen molar-refractivity contribution in [3.05, 3.63) is 56.7 Å². The van der Waals surface area contributed by atoms with Gasteiger partial charge >= 0.3 is 5.97 Å². The standard InChI is InChI=1S/C16H16BrNO3S/c1-10(13-7-8-14(17)22-13)15(19)18-12(16(20)21)9-11-5-3-2-4-6-11/h2-8,10,12H,9H2,1H3,(H,18,19)(H,20,21). The van der Waals surface area contributed by atoms with Gasteiger partial charge in [-0.05, 0) is 40.5 Å². The highest BCUT2D eigenvalue weighted by Crippen LogP contribution is 2.28. The van der Waals surface area contributed by atoms with Crippen molar-refractivity contribution in [1.82, 2.24) is 5.32 Å². The zero-order chi connectivity index (χ0) is 16.1. The molecule has 0 radical (unpaired) electrons. The van der Waals surface area contributed by atoms with Crippen LogP contribution in [0.15, 0.2) is 46.3 Å². The lowest BCUT2D eigenvalue weighted by molar-refractivity contribution is -0.141. The van der Waals surface area contributed by atoms with E-state index >= 15 is 0 Å². The molecule has 0 aliphatic carbocycles. The summed E-state index contributed by atoms with van der Waals surface area (Å²) in [6.07, 6.45) is 0.267. The van der Waals surface area contributed by atoms with Crippen LogP contribution in [0.2, 0.25) is 0 Å². The van der Waals surface area contributed by atoms with Gasteiger partial charge in [-0.15, -0.1) is 11.3 Å². The molecule has 1 aromatic carbocycles. The molecule has 1 aromatic heterocycles. The second kappa shape index (κ2) is 7.56. The Hall–Kier alpha value is -1.66. The van der Waals surface area contributed by atoms with Crippen molar-refractivity contribution < 1.29 is 14.7 Å². The van der Waals surface area contributed by atoms with Crippen molar-refractivity contribution in [2.45, 2.75) is 25.3 Å². The molecular weight excluding hydrogens is 366 g/mol. The van der Waals surface area contributed by atoms with Gasteiger partial charge in [-0.25, -0.2) is 4.79 Å². The van der Waals surface area contributed by atoms with E-state index in [9.17, 15) is 14.7 Å². The van der Waals surface area contributed by atoms with Crippen LogP contribution in [0.25, 0.3) is 0 Å². The maximum atomic E-state index is 12.3. The van der Waals surface area contributed by atoms with E-state index in [-0.39, 0.29) is 18.2 Å². The van der Waals surface area contributed by atoms with Crippen LogP contribution in [0.1, 0.15) is 23.3 Å². The summed E-state index contributed by atoms with van der Waals surface area (Å²) in [5, 5.41) is 11.9. The maximum absolute atomic E-state index is 12.3. The lowest BCUT2D eigenvalue weighted by Gasteiger charge is -2.17. The van der Waals surface area contributed by atoms with Gasteiger partial charge in [0.05, 0.1) is 9.70 Å². The van der Waals surface area contributed by atoms with Crippen LogP contribution in [0, 0.1) is 0 Å². The number of halogens is 1. The van der Waals surface area contributed by atoms with Crippen molar-refractivity contribution in [1.29, 1.82) is 0 Å². The number of hydrogen-bond donors (Lipinski definition) is 2. The van der Waals surface area contributed by atoms with Crippen LogP contribution in [0.5, 0.6) is 0 Å². The van der Waals surface area contributed by atoms with Gasteiger partial charge in [0.25, 0.3) is 0 Å². The van der Waals surface area contributed by atoms with Crippen LogP contribution in [-0.2, 0) is 16.0 Å². The van der Waals surface area contributed by atoms with Gasteiger partial charge in [-0.2, -0.15) is 0 Å². The number of nitrogens with one attached hydrogen (secondary N) is 1. The predicted molar refractivity (Wildman–Crippen MR) is 90.1 cm³/mol. The second-order valence-electron chi connectivity index (χ2n) is 4.95. The highest BCUT2D eigenvalue weighted by atomic mass is 79.9. The lowest BCUT2D eigenvalue weighted by Crippen LogP contribution is -2.43. The fourth-order valence-electron chi connectivity index (χ4n) is 2.04. The lowest BCUT2D eigenvalue weighted by atomic mass is 10.0. The third-order valence-electron chi connectivity index (χ3n) is 3.31. The molecule has 0 saturated carbocycles. The molecular formula is C16H16BrNO3S. The fourth-order valence-corrected chi connectivity index (χ4v) is 3.51. The molecule has 1 amide bonds. The average Bonchev–Trinajstić information content (AvgIpc) is 2.93. The minimum absolute atomic E-state index is 0.267. The Morgan fingerprint density at radius 2 is 1.91 bits per heavy atom. The summed E-state index contributed by atoms with van der Waals surface area (Å²) in [4.78, 5) is 24.6. The Labute approximate surface area is 141 Å². The highest BCUT2D eigenvalue weighted by Gasteiger charge is 2.24. The molecule has 0 bridgehead atoms. The molecule has 2 N–H and O–H groups in total. The molecule has 2 rings (SSSR count). The topological polar surface area (TPSA) is 66.4 Å². The monoisotopic (exact) mass is 381 g/mol. The summed E-state index contributed by atoms with van der Waals surface area (Å²) in [5.41, 5.74) is 0.877. The molecule has 22 heavy (non-hydrogen) atoms. The van der Waals surface area contributed by atoms with Crippen LogP contribution in [0.3, 0.4) is 0 Å². The van der Waals surface area contributed by atoms with Crippen molar-refractivity contribution in [3.8, 4) is 0 Å². The highest BCUT2D eigenvalue weighted by molar-refractivity contribution is 9.11. The summed E-state index contributed by atoms with van der Waals surface area (Å²) in [5.74, 6) is -1.69. The molecule has 1 heterocycles. The van der Waals surface area contributed by atoms with Crippen LogP contribution >= 0.6 is 27.3 Å². The third-order valence-corrected chi connectivity index (χ3v) is 5.12. The Balaban J connectivity index is 2.04. The van der Waals surface area contributed by atoms with Crippen LogP contribution < -0.4 is 5.32 Å². The molecule has 2 unspecified atom stereocenters. The maximum Gasteiger partial charge on any atom is 0.326 e. The fraction of sp³-hybridized carbons (Fsp3) is 0.250. The molecule has 2 aromatic rings. The Morgan fingerprint density at radius 3 is 2.45 bits per heavy atom. The zero-order valence-electron chi connectivity index (χ0n) is 12.0. The Kier molecular flexibility index (Phi) is 5.74. The molecule has 116 valence electrons. The first-order valence-corrected chi connectivity index (χ1v) is 8.40. The number of carboxylic acid groups (broad SMARTS) is 1. The van der Waals surface area contributed by atoms with Gasteiger partial charge in [0, 0.05) is 11.3 Å². The number of carbonyl (C=O) groups excluding carboxylic acids is 1. The molecule has 2 atom stereocenters. The number of amides is 1. The van der Waals surface area contributed by atoms with Crippen LogP contribution in [-0.4, -0.2) is 23.0 Å². The van der Waals surface area contributed by atoms with Gasteiger partial charge in [0.15, 0.2) is 0 Å². The minimum atomic E-state index is -1.03. The van der Waals surface area contributed by atoms with Gasteiger partial charge < -0.3 is 10.4 Å². The quantitative estimate of drug-likeness (QED) is 0.805. The van der Waals surface area contributed by atoms with E-state index in [2.05, 4.69) is 21.2 Å². The molecule has 0 fully saturated rings. The number of carboxylic acids is 1. The predicted octanol–water partition coefficient (Wildman–Crippen LogP) is 3.43. The largest absolute Gasteiger partial charge is 0.480 e. The smallest absolute Gasteiger partial charge is 0.326 e. The van der Waals surface area contributed by atoms with E-state index in [0.717, 1.165) is 14.2 Å². The molecule has 4 nitrogen and oxygen atoms in total. The van der Waals surface area contributed by atoms with E-state index in [1.807, 2.05) is 42.5 Å². The van der Waals surface area contributed by atoms with Crippen molar-refractivity contribution in [2.75, 3.05) is 0 Å². The first-order chi connectivity index (χ1) is 10.5. The number of benzene rings is 1. The van der Waals surface area contributed by atoms with E-state index in [4.69, 9.17) is 0 Å². The first kappa shape index (κ1) is 16.7. The van der Waals surface area contributed by atoms with Gasteiger partial charge in [0.1, 0.15) is 6.04 Å². The minimum Gasteiger partial charge on any atom is -0.480 e. The SMILES string of the molecule is CC(C(=O)NC(Cc1ccccc1)C(=O)O)c1ccc(Br)s1. The number of rotatable bonds is 6. The number of carbonyl (C=O) groups is 2. The van der Waals surface area contributed by atoms with Crippen molar-refractivity contribution in [3.63, 3.8) is 0 Å². The summed E-state index contributed by atoms with van der Waals surface area (Å²) in [6.45, 7) is 1.77. The summed E-state index contributed by atoms with van der Waals surface area (Å²) in [6, 6.07) is 12.1. The Bertz CT molecular complexity index is 656. The van der Waals surface area contributed by atoms with Crippen LogP contribution in [0.4, 0.5) is 0 Å². The van der Waals surface area contributed by atoms with Crippen molar-refractivity contribution in [2.24, 2.45) is 0 Å². The van der Waals surface area contributed by atoms with E-state index in [1.54, 1.807) is 6.92 Å². The molecule has 0 saturated heterocycles.